The predicted octanol–water partition coefficient (Wildman–Crippen LogP) is 2.37. The fourth-order valence-electron chi connectivity index (χ4n) is 3.07. The van der Waals surface area contributed by atoms with Crippen LogP contribution >= 0.6 is 0 Å². The summed E-state index contributed by atoms with van der Waals surface area (Å²) in [7, 11) is 1.56. The van der Waals surface area contributed by atoms with Gasteiger partial charge in [0.05, 0.1) is 12.7 Å². The Morgan fingerprint density at radius 3 is 2.30 bits per heavy atom. The maximum atomic E-state index is 12.8. The first-order valence-corrected chi connectivity index (χ1v) is 8.98. The van der Waals surface area contributed by atoms with E-state index in [1.54, 1.807) is 16.9 Å². The van der Waals surface area contributed by atoms with Crippen LogP contribution in [0.25, 0.3) is 0 Å². The highest BCUT2D eigenvalue weighted by molar-refractivity contribution is 5.97. The van der Waals surface area contributed by atoms with E-state index >= 15 is 0 Å². The van der Waals surface area contributed by atoms with Crippen LogP contribution in [0.2, 0.25) is 0 Å². The van der Waals surface area contributed by atoms with E-state index in [9.17, 15) is 9.59 Å². The number of nitrogens with zero attached hydrogens (tertiary/aromatic N) is 2. The Kier molecular flexibility index (Phi) is 5.96. The molecule has 2 amide bonds. The molecule has 0 saturated carbocycles. The maximum Gasteiger partial charge on any atom is 0.260 e. The summed E-state index contributed by atoms with van der Waals surface area (Å²) in [4.78, 5) is 28.7. The molecule has 6 heteroatoms. The van der Waals surface area contributed by atoms with Crippen LogP contribution in [0.15, 0.2) is 48.5 Å². The molecule has 0 atom stereocenters. The van der Waals surface area contributed by atoms with Crippen molar-refractivity contribution in [2.75, 3.05) is 39.9 Å². The minimum atomic E-state index is -0.0703. The minimum absolute atomic E-state index is 0.00363. The highest BCUT2D eigenvalue weighted by Crippen LogP contribution is 2.22. The molecule has 2 aromatic carbocycles. The molecule has 27 heavy (non-hydrogen) atoms. The van der Waals surface area contributed by atoms with E-state index in [1.807, 2.05) is 55.5 Å². The normalized spacial score (nSPS) is 14.0. The summed E-state index contributed by atoms with van der Waals surface area (Å²) in [5.74, 6) is 1.11. The van der Waals surface area contributed by atoms with Gasteiger partial charge >= 0.3 is 0 Å². The minimum Gasteiger partial charge on any atom is -0.496 e. The zero-order valence-electron chi connectivity index (χ0n) is 15.7. The largest absolute Gasteiger partial charge is 0.496 e. The number of hydrogen-bond donors (Lipinski definition) is 0. The first-order valence-electron chi connectivity index (χ1n) is 8.98. The van der Waals surface area contributed by atoms with Crippen molar-refractivity contribution in [1.29, 1.82) is 0 Å². The lowest BCUT2D eigenvalue weighted by Crippen LogP contribution is -2.51. The molecule has 6 nitrogen and oxygen atoms in total. The van der Waals surface area contributed by atoms with Gasteiger partial charge in [0.2, 0.25) is 0 Å². The van der Waals surface area contributed by atoms with Gasteiger partial charge < -0.3 is 19.3 Å². The summed E-state index contributed by atoms with van der Waals surface area (Å²) >= 11 is 0. The molecule has 1 heterocycles. The topological polar surface area (TPSA) is 59.1 Å². The van der Waals surface area contributed by atoms with Crippen LogP contribution in [0, 0.1) is 6.92 Å². The average molecular weight is 368 g/mol. The lowest BCUT2D eigenvalue weighted by atomic mass is 10.1. The Balaban J connectivity index is 1.54. The van der Waals surface area contributed by atoms with Crippen LogP contribution in [-0.2, 0) is 4.79 Å². The van der Waals surface area contributed by atoms with Crippen LogP contribution in [-0.4, -0.2) is 61.5 Å². The molecule has 0 spiro atoms. The zero-order chi connectivity index (χ0) is 19.2. The highest BCUT2D eigenvalue weighted by Gasteiger charge is 2.26. The second-order valence-electron chi connectivity index (χ2n) is 6.48. The third-order valence-corrected chi connectivity index (χ3v) is 4.61. The van der Waals surface area contributed by atoms with Gasteiger partial charge in [0, 0.05) is 26.2 Å². The standard InChI is InChI=1S/C21H24N2O4/c1-16-8-9-19(26-2)18(14-16)21(25)23-12-10-22(11-13-23)20(24)15-27-17-6-4-3-5-7-17/h3-9,14H,10-13,15H2,1-2H3. The molecule has 0 unspecified atom stereocenters. The third kappa shape index (κ3) is 4.58. The van der Waals surface area contributed by atoms with Crippen molar-refractivity contribution in [3.63, 3.8) is 0 Å². The van der Waals surface area contributed by atoms with Crippen LogP contribution in [0.1, 0.15) is 15.9 Å². The SMILES string of the molecule is COc1ccc(C)cc1C(=O)N1CCN(C(=O)COc2ccccc2)CC1. The number of ether oxygens (including phenoxy) is 2. The number of hydrogen-bond acceptors (Lipinski definition) is 4. The number of amides is 2. The number of carbonyl (C=O) groups is 2. The van der Waals surface area contributed by atoms with E-state index in [1.165, 1.54) is 0 Å². The number of piperazine rings is 1. The van der Waals surface area contributed by atoms with Gasteiger partial charge in [-0.3, -0.25) is 9.59 Å². The number of para-hydroxylation sites is 1. The number of aryl methyl sites for hydroxylation is 1. The molecule has 1 aliphatic heterocycles. The Morgan fingerprint density at radius 2 is 1.63 bits per heavy atom. The van der Waals surface area contributed by atoms with E-state index in [-0.39, 0.29) is 18.4 Å². The van der Waals surface area contributed by atoms with Crippen LogP contribution in [0.4, 0.5) is 0 Å². The molecular weight excluding hydrogens is 344 g/mol. The smallest absolute Gasteiger partial charge is 0.260 e. The predicted molar refractivity (Wildman–Crippen MR) is 102 cm³/mol. The molecule has 0 bridgehead atoms. The summed E-state index contributed by atoms with van der Waals surface area (Å²) in [6.07, 6.45) is 0. The van der Waals surface area contributed by atoms with Gasteiger partial charge in [0.25, 0.3) is 11.8 Å². The van der Waals surface area contributed by atoms with Crippen molar-refractivity contribution in [2.45, 2.75) is 6.92 Å². The Labute approximate surface area is 159 Å². The molecule has 0 aliphatic carbocycles. The van der Waals surface area contributed by atoms with Crippen LogP contribution < -0.4 is 9.47 Å². The average Bonchev–Trinajstić information content (AvgIpc) is 2.72. The monoisotopic (exact) mass is 368 g/mol. The van der Waals surface area contributed by atoms with E-state index in [2.05, 4.69) is 0 Å². The fourth-order valence-corrected chi connectivity index (χ4v) is 3.07. The summed E-state index contributed by atoms with van der Waals surface area (Å²) in [5, 5.41) is 0. The molecule has 142 valence electrons. The van der Waals surface area contributed by atoms with E-state index in [0.717, 1.165) is 5.56 Å². The van der Waals surface area contributed by atoms with Crippen molar-refractivity contribution in [3.8, 4) is 11.5 Å². The van der Waals surface area contributed by atoms with Gasteiger partial charge in [0.15, 0.2) is 6.61 Å². The van der Waals surface area contributed by atoms with Gasteiger partial charge in [-0.1, -0.05) is 29.8 Å². The first-order chi connectivity index (χ1) is 13.1. The summed E-state index contributed by atoms with van der Waals surface area (Å²) in [6.45, 7) is 3.93. The van der Waals surface area contributed by atoms with Crippen molar-refractivity contribution in [1.82, 2.24) is 9.80 Å². The quantitative estimate of drug-likeness (QED) is 0.813. The number of methoxy groups -OCH3 is 1. The van der Waals surface area contributed by atoms with Gasteiger partial charge in [0.1, 0.15) is 11.5 Å². The molecule has 0 N–H and O–H groups in total. The van der Waals surface area contributed by atoms with Gasteiger partial charge in [-0.15, -0.1) is 0 Å². The van der Waals surface area contributed by atoms with Crippen LogP contribution in [0.5, 0.6) is 11.5 Å². The van der Waals surface area contributed by atoms with E-state index < -0.39 is 0 Å². The first kappa shape index (κ1) is 18.8. The van der Waals surface area contributed by atoms with Crippen LogP contribution in [0.3, 0.4) is 0 Å². The van der Waals surface area contributed by atoms with E-state index in [0.29, 0.717) is 43.2 Å². The maximum absolute atomic E-state index is 12.8. The third-order valence-electron chi connectivity index (χ3n) is 4.61. The van der Waals surface area contributed by atoms with E-state index in [4.69, 9.17) is 9.47 Å². The second kappa shape index (κ2) is 8.58. The summed E-state index contributed by atoms with van der Waals surface area (Å²) in [5.41, 5.74) is 1.57. The molecule has 0 aromatic heterocycles. The summed E-state index contributed by atoms with van der Waals surface area (Å²) < 4.78 is 10.8. The van der Waals surface area contributed by atoms with Gasteiger partial charge in [-0.25, -0.2) is 0 Å². The lowest BCUT2D eigenvalue weighted by molar-refractivity contribution is -0.134. The van der Waals surface area contributed by atoms with Crippen molar-refractivity contribution in [2.24, 2.45) is 0 Å². The highest BCUT2D eigenvalue weighted by atomic mass is 16.5. The Morgan fingerprint density at radius 1 is 0.963 bits per heavy atom. The van der Waals surface area contributed by atoms with Gasteiger partial charge in [-0.05, 0) is 31.2 Å². The Bertz CT molecular complexity index is 799. The number of carbonyl (C=O) groups excluding carboxylic acids is 2. The molecule has 2 aromatic rings. The zero-order valence-corrected chi connectivity index (χ0v) is 15.7. The Hall–Kier alpha value is -3.02. The molecule has 1 fully saturated rings. The summed E-state index contributed by atoms with van der Waals surface area (Å²) in [6, 6.07) is 14.8. The molecular formula is C21H24N2O4. The molecule has 1 aliphatic rings. The number of benzene rings is 2. The lowest BCUT2D eigenvalue weighted by Gasteiger charge is -2.35. The number of rotatable bonds is 5. The van der Waals surface area contributed by atoms with Crippen molar-refractivity contribution < 1.29 is 19.1 Å². The molecule has 0 radical (unpaired) electrons. The van der Waals surface area contributed by atoms with Crippen molar-refractivity contribution >= 4 is 11.8 Å². The second-order valence-corrected chi connectivity index (χ2v) is 6.48. The molecule has 3 rings (SSSR count). The van der Waals surface area contributed by atoms with Crippen molar-refractivity contribution in [3.05, 3.63) is 59.7 Å². The van der Waals surface area contributed by atoms with Gasteiger partial charge in [-0.2, -0.15) is 0 Å². The molecule has 1 saturated heterocycles. The fraction of sp³-hybridized carbons (Fsp3) is 0.333.